The Bertz CT molecular complexity index is 1160. The van der Waals surface area contributed by atoms with Crippen LogP contribution in [0.5, 0.6) is 5.75 Å². The van der Waals surface area contributed by atoms with Crippen LogP contribution >= 0.6 is 11.3 Å². The number of carbonyl (C=O) groups is 1. The number of amides is 1. The molecule has 154 valence electrons. The van der Waals surface area contributed by atoms with Gasteiger partial charge in [-0.25, -0.2) is 17.7 Å². The molecule has 7 nitrogen and oxygen atoms in total. The summed E-state index contributed by atoms with van der Waals surface area (Å²) in [6.07, 6.45) is -4.80. The Morgan fingerprint density at radius 3 is 2.38 bits per heavy atom. The van der Waals surface area contributed by atoms with Crippen LogP contribution < -0.4 is 10.1 Å². The van der Waals surface area contributed by atoms with Gasteiger partial charge in [0.2, 0.25) is 10.0 Å². The van der Waals surface area contributed by atoms with Crippen LogP contribution in [0.2, 0.25) is 0 Å². The Balaban J connectivity index is 1.77. The second kappa shape index (κ2) is 7.61. The Hall–Kier alpha value is -2.70. The van der Waals surface area contributed by atoms with E-state index in [0.29, 0.717) is 10.2 Å². The van der Waals surface area contributed by atoms with Gasteiger partial charge in [-0.15, -0.1) is 13.2 Å². The van der Waals surface area contributed by atoms with E-state index in [2.05, 4.69) is 15.0 Å². The average molecular weight is 445 g/mol. The molecule has 0 spiro atoms. The van der Waals surface area contributed by atoms with Crippen LogP contribution in [-0.2, 0) is 10.0 Å². The number of halogens is 3. The highest BCUT2D eigenvalue weighted by Gasteiger charge is 2.31. The number of fused-ring (bicyclic) bond motifs is 1. The highest BCUT2D eigenvalue weighted by molar-refractivity contribution is 7.89. The number of aromatic nitrogens is 1. The highest BCUT2D eigenvalue weighted by atomic mass is 32.2. The zero-order valence-electron chi connectivity index (χ0n) is 15.0. The van der Waals surface area contributed by atoms with Gasteiger partial charge in [-0.3, -0.25) is 10.1 Å². The van der Waals surface area contributed by atoms with Crippen LogP contribution in [0, 0.1) is 0 Å². The van der Waals surface area contributed by atoms with Crippen molar-refractivity contribution in [2.24, 2.45) is 0 Å². The molecule has 0 bridgehead atoms. The van der Waals surface area contributed by atoms with Crippen LogP contribution in [-0.4, -0.2) is 44.1 Å². The third-order valence-corrected chi connectivity index (χ3v) is 6.47. The Morgan fingerprint density at radius 1 is 1.14 bits per heavy atom. The fraction of sp³-hybridized carbons (Fsp3) is 0.176. The molecule has 12 heteroatoms. The van der Waals surface area contributed by atoms with Crippen molar-refractivity contribution in [1.82, 2.24) is 9.29 Å². The lowest BCUT2D eigenvalue weighted by Crippen LogP contribution is -2.22. The Kier molecular flexibility index (Phi) is 5.52. The maximum atomic E-state index is 12.4. The van der Waals surface area contributed by atoms with E-state index in [9.17, 15) is 26.4 Å². The maximum Gasteiger partial charge on any atom is 0.573 e. The molecule has 1 aromatic heterocycles. The number of anilines is 1. The molecule has 0 fully saturated rings. The number of carbonyl (C=O) groups excluding carboxylic acids is 1. The molecule has 0 unspecified atom stereocenters. The molecule has 0 aliphatic carbocycles. The van der Waals surface area contributed by atoms with Crippen molar-refractivity contribution in [3.8, 4) is 5.75 Å². The summed E-state index contributed by atoms with van der Waals surface area (Å²) < 4.78 is 66.4. The van der Waals surface area contributed by atoms with Gasteiger partial charge in [0.15, 0.2) is 5.13 Å². The van der Waals surface area contributed by atoms with Gasteiger partial charge < -0.3 is 4.74 Å². The van der Waals surface area contributed by atoms with E-state index in [1.54, 1.807) is 0 Å². The average Bonchev–Trinajstić information content (AvgIpc) is 3.01. The first-order chi connectivity index (χ1) is 13.5. The molecule has 0 atom stereocenters. The number of benzene rings is 2. The number of ether oxygens (including phenoxy) is 1. The summed E-state index contributed by atoms with van der Waals surface area (Å²) in [6, 6.07) is 8.99. The topological polar surface area (TPSA) is 88.6 Å². The molecule has 0 aliphatic rings. The van der Waals surface area contributed by atoms with Crippen molar-refractivity contribution in [3.63, 3.8) is 0 Å². The minimum Gasteiger partial charge on any atom is -0.406 e. The molecule has 1 heterocycles. The highest BCUT2D eigenvalue weighted by Crippen LogP contribution is 2.31. The number of nitrogens with one attached hydrogen (secondary N) is 1. The third-order valence-electron chi connectivity index (χ3n) is 3.71. The molecule has 1 amide bonds. The first-order valence-electron chi connectivity index (χ1n) is 7.96. The molecule has 0 saturated heterocycles. The Labute approximate surface area is 167 Å². The van der Waals surface area contributed by atoms with Gasteiger partial charge in [0.25, 0.3) is 5.91 Å². The van der Waals surface area contributed by atoms with E-state index in [1.165, 1.54) is 50.5 Å². The van der Waals surface area contributed by atoms with Crippen molar-refractivity contribution in [2.75, 3.05) is 19.4 Å². The predicted molar refractivity (Wildman–Crippen MR) is 102 cm³/mol. The van der Waals surface area contributed by atoms with Gasteiger partial charge in [-0.1, -0.05) is 11.3 Å². The van der Waals surface area contributed by atoms with Gasteiger partial charge in [-0.05, 0) is 36.4 Å². The molecular weight excluding hydrogens is 431 g/mol. The molecular formula is C17H14F3N3O4S2. The van der Waals surface area contributed by atoms with Crippen LogP contribution in [0.15, 0.2) is 47.4 Å². The molecule has 0 saturated carbocycles. The van der Waals surface area contributed by atoms with Crippen molar-refractivity contribution in [2.45, 2.75) is 11.3 Å². The smallest absolute Gasteiger partial charge is 0.406 e. The van der Waals surface area contributed by atoms with E-state index in [1.807, 2.05) is 0 Å². The van der Waals surface area contributed by atoms with E-state index in [-0.39, 0.29) is 21.3 Å². The largest absolute Gasteiger partial charge is 0.573 e. The second-order valence-corrected chi connectivity index (χ2v) is 9.14. The zero-order chi connectivity index (χ0) is 21.4. The minimum atomic E-state index is -4.80. The quantitative estimate of drug-likeness (QED) is 0.647. The number of hydrogen-bond acceptors (Lipinski definition) is 6. The van der Waals surface area contributed by atoms with Crippen molar-refractivity contribution >= 4 is 42.6 Å². The molecule has 3 rings (SSSR count). The summed E-state index contributed by atoms with van der Waals surface area (Å²) in [5.41, 5.74) is 0.593. The summed E-state index contributed by atoms with van der Waals surface area (Å²) in [7, 11) is -0.819. The maximum absolute atomic E-state index is 12.4. The second-order valence-electron chi connectivity index (χ2n) is 5.96. The standard InChI is InChI=1S/C17H14F3N3O4S2/c1-23(2)29(25,26)12-6-3-10(4-7-12)15(24)22-16-21-13-8-5-11(9-14(13)28-16)27-17(18,19)20/h3-9H,1-2H3,(H,21,22,24). The third kappa shape index (κ3) is 4.83. The summed E-state index contributed by atoms with van der Waals surface area (Å²) >= 11 is 0.979. The van der Waals surface area contributed by atoms with E-state index < -0.39 is 22.3 Å². The molecule has 2 aromatic carbocycles. The van der Waals surface area contributed by atoms with Gasteiger partial charge in [-0.2, -0.15) is 0 Å². The SMILES string of the molecule is CN(C)S(=O)(=O)c1ccc(C(=O)Nc2nc3ccc(OC(F)(F)F)cc3s2)cc1. The first-order valence-corrected chi connectivity index (χ1v) is 10.2. The van der Waals surface area contributed by atoms with Crippen LogP contribution in [0.1, 0.15) is 10.4 Å². The fourth-order valence-electron chi connectivity index (χ4n) is 2.31. The number of thiazole rings is 1. The van der Waals surface area contributed by atoms with Crippen LogP contribution in [0.25, 0.3) is 10.2 Å². The number of rotatable bonds is 5. The molecule has 29 heavy (non-hydrogen) atoms. The van der Waals surface area contributed by atoms with Gasteiger partial charge in [0.1, 0.15) is 5.75 Å². The summed E-state index contributed by atoms with van der Waals surface area (Å²) in [5.74, 6) is -0.922. The van der Waals surface area contributed by atoms with E-state index in [0.717, 1.165) is 21.7 Å². The lowest BCUT2D eigenvalue weighted by atomic mass is 10.2. The lowest BCUT2D eigenvalue weighted by Gasteiger charge is -2.11. The Morgan fingerprint density at radius 2 is 1.79 bits per heavy atom. The van der Waals surface area contributed by atoms with Crippen LogP contribution in [0.3, 0.4) is 0 Å². The lowest BCUT2D eigenvalue weighted by molar-refractivity contribution is -0.274. The summed E-state index contributed by atoms with van der Waals surface area (Å²) in [4.78, 5) is 16.5. The molecule has 0 aliphatic heterocycles. The van der Waals surface area contributed by atoms with Gasteiger partial charge >= 0.3 is 6.36 Å². The summed E-state index contributed by atoms with van der Waals surface area (Å²) in [6.45, 7) is 0. The number of sulfonamides is 1. The number of nitrogens with zero attached hydrogens (tertiary/aromatic N) is 2. The van der Waals surface area contributed by atoms with Crippen molar-refractivity contribution < 1.29 is 31.1 Å². The minimum absolute atomic E-state index is 0.0382. The number of hydrogen-bond donors (Lipinski definition) is 1. The van der Waals surface area contributed by atoms with Gasteiger partial charge in [0, 0.05) is 25.7 Å². The van der Waals surface area contributed by atoms with Gasteiger partial charge in [0.05, 0.1) is 15.1 Å². The van der Waals surface area contributed by atoms with E-state index >= 15 is 0 Å². The zero-order valence-corrected chi connectivity index (χ0v) is 16.7. The number of alkyl halides is 3. The van der Waals surface area contributed by atoms with E-state index in [4.69, 9.17) is 0 Å². The molecule has 0 radical (unpaired) electrons. The van der Waals surface area contributed by atoms with Crippen LogP contribution in [0.4, 0.5) is 18.3 Å². The predicted octanol–water partition coefficient (Wildman–Crippen LogP) is 3.70. The summed E-state index contributed by atoms with van der Waals surface area (Å²) in [5, 5.41) is 2.72. The van der Waals surface area contributed by atoms with Crippen molar-refractivity contribution in [1.29, 1.82) is 0 Å². The molecule has 1 N–H and O–H groups in total. The monoisotopic (exact) mass is 445 g/mol. The van der Waals surface area contributed by atoms with Crippen molar-refractivity contribution in [3.05, 3.63) is 48.0 Å². The fourth-order valence-corrected chi connectivity index (χ4v) is 4.10. The molecule has 3 aromatic rings. The normalized spacial score (nSPS) is 12.3. The first kappa shape index (κ1) is 21.0.